The molecule has 4 nitrogen and oxygen atoms in total. The molecule has 2 aliphatic carbocycles. The van der Waals surface area contributed by atoms with E-state index in [2.05, 4.69) is 10.3 Å². The molecule has 1 aromatic heterocycles. The number of thiazole rings is 1. The van der Waals surface area contributed by atoms with Gasteiger partial charge in [-0.3, -0.25) is 4.79 Å². The summed E-state index contributed by atoms with van der Waals surface area (Å²) in [4.78, 5) is 17.5. The minimum atomic E-state index is -0.00189. The van der Waals surface area contributed by atoms with E-state index in [0.717, 1.165) is 17.7 Å². The van der Waals surface area contributed by atoms with Gasteiger partial charge in [0, 0.05) is 17.1 Å². The second-order valence-corrected chi connectivity index (χ2v) is 6.44. The molecule has 2 saturated carbocycles. The average Bonchev–Trinajstić information content (AvgIpc) is 2.94. The molecule has 1 aromatic rings. The summed E-state index contributed by atoms with van der Waals surface area (Å²) in [6.07, 6.45) is 5.27. The molecule has 5 heteroatoms. The van der Waals surface area contributed by atoms with E-state index >= 15 is 0 Å². The predicted molar refractivity (Wildman–Crippen MR) is 67.8 cm³/mol. The van der Waals surface area contributed by atoms with E-state index in [1.165, 1.54) is 17.8 Å². The maximum atomic E-state index is 12.2. The van der Waals surface area contributed by atoms with Gasteiger partial charge < -0.3 is 11.1 Å². The highest BCUT2D eigenvalue weighted by molar-refractivity contribution is 7.15. The normalized spacial score (nSPS) is 35.2. The van der Waals surface area contributed by atoms with Crippen LogP contribution in [0.1, 0.15) is 24.1 Å². The summed E-state index contributed by atoms with van der Waals surface area (Å²) in [5, 5.41) is 3.61. The summed E-state index contributed by atoms with van der Waals surface area (Å²) in [7, 11) is 0. The molecule has 0 saturated heterocycles. The molecule has 2 aliphatic rings. The molecule has 2 fully saturated rings. The van der Waals surface area contributed by atoms with Gasteiger partial charge in [-0.2, -0.15) is 0 Å². The maximum Gasteiger partial charge on any atom is 0.231 e. The van der Waals surface area contributed by atoms with Gasteiger partial charge in [0.25, 0.3) is 0 Å². The summed E-state index contributed by atoms with van der Waals surface area (Å²) in [6.45, 7) is 1.98. The second-order valence-electron chi connectivity index (χ2n) is 5.20. The van der Waals surface area contributed by atoms with Crippen molar-refractivity contribution in [2.75, 3.05) is 5.32 Å². The largest absolute Gasteiger partial charge is 0.327 e. The second kappa shape index (κ2) is 4.07. The van der Waals surface area contributed by atoms with E-state index in [0.29, 0.717) is 17.0 Å². The highest BCUT2D eigenvalue weighted by Gasteiger charge is 2.49. The summed E-state index contributed by atoms with van der Waals surface area (Å²) < 4.78 is 0. The third-order valence-corrected chi connectivity index (χ3v) is 4.96. The van der Waals surface area contributed by atoms with E-state index in [9.17, 15) is 4.79 Å². The number of fused-ring (bicyclic) bond motifs is 2. The van der Waals surface area contributed by atoms with E-state index in [4.69, 9.17) is 5.73 Å². The van der Waals surface area contributed by atoms with Crippen LogP contribution in [0, 0.1) is 24.7 Å². The van der Waals surface area contributed by atoms with E-state index in [1.54, 1.807) is 6.20 Å². The lowest BCUT2D eigenvalue weighted by Crippen LogP contribution is -2.42. The Labute approximate surface area is 105 Å². The number of anilines is 1. The Hall–Kier alpha value is -0.940. The lowest BCUT2D eigenvalue weighted by atomic mass is 9.84. The van der Waals surface area contributed by atoms with Gasteiger partial charge in [-0.15, -0.1) is 11.3 Å². The first-order valence-corrected chi connectivity index (χ1v) is 6.95. The van der Waals surface area contributed by atoms with Crippen molar-refractivity contribution in [2.45, 2.75) is 32.2 Å². The fraction of sp³-hybridized carbons (Fsp3) is 0.667. The first-order valence-electron chi connectivity index (χ1n) is 6.14. The number of aromatic nitrogens is 1. The van der Waals surface area contributed by atoms with Crippen LogP contribution in [0.5, 0.6) is 0 Å². The number of amides is 1. The summed E-state index contributed by atoms with van der Waals surface area (Å²) in [5.41, 5.74) is 6.15. The third kappa shape index (κ3) is 1.87. The van der Waals surface area contributed by atoms with Crippen LogP contribution in [0.4, 0.5) is 5.13 Å². The molecule has 1 heterocycles. The molecule has 92 valence electrons. The van der Waals surface area contributed by atoms with Crippen molar-refractivity contribution >= 4 is 22.4 Å². The SMILES string of the molecule is Cc1cnc(NC(=O)C2C3CCC(C3)C2N)s1. The first-order chi connectivity index (χ1) is 8.15. The topological polar surface area (TPSA) is 68.0 Å². The third-order valence-electron chi connectivity index (χ3n) is 4.13. The zero-order valence-electron chi connectivity index (χ0n) is 9.85. The maximum absolute atomic E-state index is 12.2. The highest BCUT2D eigenvalue weighted by atomic mass is 32.1. The van der Waals surface area contributed by atoms with Gasteiger partial charge >= 0.3 is 0 Å². The summed E-state index contributed by atoms with van der Waals surface area (Å²) in [6, 6.07) is 0.0507. The highest BCUT2D eigenvalue weighted by Crippen LogP contribution is 2.47. The van der Waals surface area contributed by atoms with Crippen molar-refractivity contribution in [1.29, 1.82) is 0 Å². The van der Waals surface area contributed by atoms with Gasteiger partial charge in [0.2, 0.25) is 5.91 Å². The molecular weight excluding hydrogens is 234 g/mol. The van der Waals surface area contributed by atoms with Crippen molar-refractivity contribution in [3.05, 3.63) is 11.1 Å². The molecule has 0 radical (unpaired) electrons. The van der Waals surface area contributed by atoms with E-state index in [1.807, 2.05) is 6.92 Å². The number of nitrogens with one attached hydrogen (secondary N) is 1. The lowest BCUT2D eigenvalue weighted by molar-refractivity contribution is -0.121. The Morgan fingerprint density at radius 1 is 1.53 bits per heavy atom. The smallest absolute Gasteiger partial charge is 0.231 e. The molecule has 3 N–H and O–H groups in total. The van der Waals surface area contributed by atoms with Crippen LogP contribution >= 0.6 is 11.3 Å². The first kappa shape index (κ1) is 11.2. The number of hydrogen-bond donors (Lipinski definition) is 2. The minimum Gasteiger partial charge on any atom is -0.327 e. The Kier molecular flexibility index (Phi) is 2.67. The van der Waals surface area contributed by atoms with Crippen molar-refractivity contribution < 1.29 is 4.79 Å². The average molecular weight is 251 g/mol. The van der Waals surface area contributed by atoms with Crippen LogP contribution < -0.4 is 11.1 Å². The number of hydrogen-bond acceptors (Lipinski definition) is 4. The zero-order chi connectivity index (χ0) is 12.0. The van der Waals surface area contributed by atoms with Crippen LogP contribution in [0.2, 0.25) is 0 Å². The van der Waals surface area contributed by atoms with Crippen LogP contribution in [0.15, 0.2) is 6.20 Å². The number of carbonyl (C=O) groups is 1. The van der Waals surface area contributed by atoms with Crippen molar-refractivity contribution in [3.8, 4) is 0 Å². The summed E-state index contributed by atoms with van der Waals surface area (Å²) in [5.74, 6) is 1.13. The molecule has 0 spiro atoms. The predicted octanol–water partition coefficient (Wildman–Crippen LogP) is 1.76. The van der Waals surface area contributed by atoms with Crippen LogP contribution in [0.25, 0.3) is 0 Å². The minimum absolute atomic E-state index is 0.00189. The fourth-order valence-corrected chi connectivity index (χ4v) is 3.99. The standard InChI is InChI=1S/C12H17N3OS/c1-6-5-14-12(17-6)15-11(16)9-7-2-3-8(4-7)10(9)13/h5,7-10H,2-4,13H2,1H3,(H,14,15,16). The van der Waals surface area contributed by atoms with Gasteiger partial charge in [0.1, 0.15) is 0 Å². The molecule has 4 unspecified atom stereocenters. The molecule has 0 aromatic carbocycles. The molecular formula is C12H17N3OS. The van der Waals surface area contributed by atoms with Gasteiger partial charge in [-0.1, -0.05) is 0 Å². The van der Waals surface area contributed by atoms with Gasteiger partial charge in [-0.05, 0) is 38.0 Å². The van der Waals surface area contributed by atoms with Crippen molar-refractivity contribution in [2.24, 2.45) is 23.5 Å². The Bertz CT molecular complexity index is 443. The monoisotopic (exact) mass is 251 g/mol. The number of rotatable bonds is 2. The van der Waals surface area contributed by atoms with Crippen molar-refractivity contribution in [3.63, 3.8) is 0 Å². The lowest BCUT2D eigenvalue weighted by Gasteiger charge is -2.26. The quantitative estimate of drug-likeness (QED) is 0.841. The van der Waals surface area contributed by atoms with Crippen LogP contribution in [0.3, 0.4) is 0 Å². The Morgan fingerprint density at radius 3 is 2.88 bits per heavy atom. The Balaban J connectivity index is 1.70. The molecule has 3 rings (SSSR count). The molecule has 1 amide bonds. The van der Waals surface area contributed by atoms with Crippen LogP contribution in [-0.4, -0.2) is 16.9 Å². The van der Waals surface area contributed by atoms with Gasteiger partial charge in [0.15, 0.2) is 5.13 Å². The number of nitrogens with zero attached hydrogens (tertiary/aromatic N) is 1. The molecule has 17 heavy (non-hydrogen) atoms. The molecule has 4 atom stereocenters. The number of nitrogens with two attached hydrogens (primary N) is 1. The number of aryl methyl sites for hydroxylation is 1. The fourth-order valence-electron chi connectivity index (χ4n) is 3.33. The Morgan fingerprint density at radius 2 is 2.29 bits per heavy atom. The van der Waals surface area contributed by atoms with E-state index < -0.39 is 0 Å². The zero-order valence-corrected chi connectivity index (χ0v) is 10.7. The molecule has 2 bridgehead atoms. The van der Waals surface area contributed by atoms with Crippen LogP contribution in [-0.2, 0) is 4.79 Å². The molecule has 0 aliphatic heterocycles. The van der Waals surface area contributed by atoms with Gasteiger partial charge in [-0.25, -0.2) is 4.98 Å². The number of carbonyl (C=O) groups excluding carboxylic acids is 1. The van der Waals surface area contributed by atoms with E-state index in [-0.39, 0.29) is 17.9 Å². The summed E-state index contributed by atoms with van der Waals surface area (Å²) >= 11 is 1.51. The van der Waals surface area contributed by atoms with Crippen molar-refractivity contribution in [1.82, 2.24) is 4.98 Å². The van der Waals surface area contributed by atoms with Gasteiger partial charge in [0.05, 0.1) is 5.92 Å².